The zero-order chi connectivity index (χ0) is 21.8. The van der Waals surface area contributed by atoms with Gasteiger partial charge in [-0.25, -0.2) is 0 Å². The van der Waals surface area contributed by atoms with E-state index in [0.717, 1.165) is 18.2 Å². The Labute approximate surface area is 171 Å². The topological polar surface area (TPSA) is 167 Å². The SMILES string of the molecule is O=[N+]([O-])c1ccc(-c2ccc(/C=N/Nc3ccc([N+](=O)[O-])cc3[N+](=O)[O-])o2)c(Cl)c1. The lowest BCUT2D eigenvalue weighted by Crippen LogP contribution is -1.98. The van der Waals surface area contributed by atoms with Gasteiger partial charge in [-0.05, 0) is 24.3 Å². The van der Waals surface area contributed by atoms with Crippen LogP contribution in [0.1, 0.15) is 5.76 Å². The molecule has 0 atom stereocenters. The van der Waals surface area contributed by atoms with Gasteiger partial charge in [-0.3, -0.25) is 35.8 Å². The zero-order valence-electron chi connectivity index (χ0n) is 14.7. The molecule has 0 aliphatic heterocycles. The molecule has 0 aliphatic rings. The third-order valence-electron chi connectivity index (χ3n) is 3.82. The average molecular weight is 432 g/mol. The number of nitro benzene ring substituents is 3. The fraction of sp³-hybridized carbons (Fsp3) is 0. The Hall–Kier alpha value is -4.32. The highest BCUT2D eigenvalue weighted by Gasteiger charge is 2.19. The third-order valence-corrected chi connectivity index (χ3v) is 4.13. The molecule has 3 rings (SSSR count). The summed E-state index contributed by atoms with van der Waals surface area (Å²) in [5.41, 5.74) is 1.72. The molecule has 13 heteroatoms. The molecule has 3 aromatic rings. The van der Waals surface area contributed by atoms with Crippen LogP contribution in [0.3, 0.4) is 0 Å². The fourth-order valence-corrected chi connectivity index (χ4v) is 2.70. The standard InChI is InChI=1S/C17H10ClN5O7/c18-14-7-10(21(24)25)1-4-13(14)17-6-3-12(30-17)9-19-20-15-5-2-11(22(26)27)8-16(15)23(28)29/h1-9,20H/b19-9+. The van der Waals surface area contributed by atoms with Gasteiger partial charge in [-0.2, -0.15) is 5.10 Å². The second-order valence-corrected chi connectivity index (χ2v) is 6.12. The summed E-state index contributed by atoms with van der Waals surface area (Å²) in [6, 6.07) is 10.1. The van der Waals surface area contributed by atoms with Gasteiger partial charge < -0.3 is 4.42 Å². The minimum atomic E-state index is -0.771. The van der Waals surface area contributed by atoms with Crippen molar-refractivity contribution in [3.05, 3.63) is 89.7 Å². The van der Waals surface area contributed by atoms with Crippen molar-refractivity contribution in [2.75, 3.05) is 5.43 Å². The molecule has 30 heavy (non-hydrogen) atoms. The van der Waals surface area contributed by atoms with Crippen molar-refractivity contribution in [2.45, 2.75) is 0 Å². The molecule has 2 aromatic carbocycles. The van der Waals surface area contributed by atoms with Crippen molar-refractivity contribution >= 4 is 40.6 Å². The number of anilines is 1. The van der Waals surface area contributed by atoms with Gasteiger partial charge in [0, 0.05) is 23.8 Å². The number of halogens is 1. The van der Waals surface area contributed by atoms with Gasteiger partial charge in [0.1, 0.15) is 17.2 Å². The van der Waals surface area contributed by atoms with E-state index in [1.54, 1.807) is 12.1 Å². The lowest BCUT2D eigenvalue weighted by atomic mass is 10.1. The first-order chi connectivity index (χ1) is 14.3. The quantitative estimate of drug-likeness (QED) is 0.317. The fourth-order valence-electron chi connectivity index (χ4n) is 2.43. The molecule has 0 spiro atoms. The van der Waals surface area contributed by atoms with E-state index < -0.39 is 26.1 Å². The lowest BCUT2D eigenvalue weighted by molar-refractivity contribution is -0.393. The number of rotatable bonds is 7. The predicted octanol–water partition coefficient (Wildman–Crippen LogP) is 4.77. The van der Waals surface area contributed by atoms with Gasteiger partial charge in [-0.1, -0.05) is 11.6 Å². The molecule has 1 N–H and O–H groups in total. The normalized spacial score (nSPS) is 10.8. The number of hydrogen-bond acceptors (Lipinski definition) is 9. The molecular weight excluding hydrogens is 422 g/mol. The molecule has 0 aliphatic carbocycles. The Balaban J connectivity index is 1.78. The molecule has 0 unspecified atom stereocenters. The maximum Gasteiger partial charge on any atom is 0.301 e. The maximum absolute atomic E-state index is 11.1. The van der Waals surface area contributed by atoms with Crippen LogP contribution in [0.25, 0.3) is 11.3 Å². The number of nitrogens with zero attached hydrogens (tertiary/aromatic N) is 4. The maximum atomic E-state index is 11.1. The van der Waals surface area contributed by atoms with Crippen molar-refractivity contribution in [1.29, 1.82) is 0 Å². The Morgan fingerprint density at radius 2 is 1.57 bits per heavy atom. The third kappa shape index (κ3) is 4.39. The molecule has 0 saturated heterocycles. The number of nitro groups is 3. The van der Waals surface area contributed by atoms with E-state index in [4.69, 9.17) is 16.0 Å². The monoisotopic (exact) mass is 431 g/mol. The van der Waals surface area contributed by atoms with Crippen molar-refractivity contribution in [3.63, 3.8) is 0 Å². The Morgan fingerprint density at radius 3 is 2.20 bits per heavy atom. The molecular formula is C17H10ClN5O7. The van der Waals surface area contributed by atoms with Crippen LogP contribution in [0.2, 0.25) is 5.02 Å². The molecule has 0 bridgehead atoms. The van der Waals surface area contributed by atoms with E-state index in [1.807, 2.05) is 0 Å². The number of hydrazone groups is 1. The van der Waals surface area contributed by atoms with Crippen molar-refractivity contribution in [1.82, 2.24) is 0 Å². The van der Waals surface area contributed by atoms with E-state index in [2.05, 4.69) is 10.5 Å². The van der Waals surface area contributed by atoms with Gasteiger partial charge in [0.15, 0.2) is 0 Å². The molecule has 12 nitrogen and oxygen atoms in total. The molecule has 152 valence electrons. The average Bonchev–Trinajstić information content (AvgIpc) is 3.16. The van der Waals surface area contributed by atoms with Gasteiger partial charge in [0.05, 0.1) is 32.1 Å². The van der Waals surface area contributed by atoms with Crippen LogP contribution in [0.15, 0.2) is 58.0 Å². The first kappa shape index (κ1) is 20.4. The van der Waals surface area contributed by atoms with E-state index >= 15 is 0 Å². The first-order valence-electron chi connectivity index (χ1n) is 8.02. The zero-order valence-corrected chi connectivity index (χ0v) is 15.5. The summed E-state index contributed by atoms with van der Waals surface area (Å²) in [5, 5.41) is 36.6. The van der Waals surface area contributed by atoms with Crippen LogP contribution < -0.4 is 5.43 Å². The lowest BCUT2D eigenvalue weighted by Gasteiger charge is -2.01. The van der Waals surface area contributed by atoms with Gasteiger partial charge in [-0.15, -0.1) is 0 Å². The summed E-state index contributed by atoms with van der Waals surface area (Å²) in [6.07, 6.45) is 1.23. The molecule has 0 amide bonds. The number of benzene rings is 2. The second kappa shape index (κ2) is 8.36. The molecule has 0 saturated carbocycles. The van der Waals surface area contributed by atoms with E-state index in [1.165, 1.54) is 24.4 Å². The van der Waals surface area contributed by atoms with Crippen LogP contribution in [-0.4, -0.2) is 21.0 Å². The minimum Gasteiger partial charge on any atom is -0.455 e. The van der Waals surface area contributed by atoms with E-state index in [0.29, 0.717) is 11.3 Å². The smallest absolute Gasteiger partial charge is 0.301 e. The van der Waals surface area contributed by atoms with Crippen LogP contribution in [0.4, 0.5) is 22.7 Å². The van der Waals surface area contributed by atoms with Gasteiger partial charge >= 0.3 is 5.69 Å². The predicted molar refractivity (Wildman–Crippen MR) is 107 cm³/mol. The second-order valence-electron chi connectivity index (χ2n) is 5.71. The van der Waals surface area contributed by atoms with Crippen molar-refractivity contribution in [2.24, 2.45) is 5.10 Å². The molecule has 0 fully saturated rings. The minimum absolute atomic E-state index is 0.0490. The van der Waals surface area contributed by atoms with Crippen LogP contribution in [-0.2, 0) is 0 Å². The highest BCUT2D eigenvalue weighted by molar-refractivity contribution is 6.33. The van der Waals surface area contributed by atoms with Crippen molar-refractivity contribution < 1.29 is 19.2 Å². The Morgan fingerprint density at radius 1 is 0.900 bits per heavy atom. The summed E-state index contributed by atoms with van der Waals surface area (Å²) >= 11 is 6.06. The Kier molecular flexibility index (Phi) is 5.69. The highest BCUT2D eigenvalue weighted by Crippen LogP contribution is 2.32. The number of furan rings is 1. The Bertz CT molecular complexity index is 1190. The van der Waals surface area contributed by atoms with Crippen LogP contribution >= 0.6 is 11.6 Å². The van der Waals surface area contributed by atoms with E-state index in [9.17, 15) is 30.3 Å². The highest BCUT2D eigenvalue weighted by atomic mass is 35.5. The number of non-ortho nitro benzene ring substituents is 2. The van der Waals surface area contributed by atoms with Crippen LogP contribution in [0, 0.1) is 30.3 Å². The molecule has 1 aromatic heterocycles. The van der Waals surface area contributed by atoms with Crippen molar-refractivity contribution in [3.8, 4) is 11.3 Å². The summed E-state index contributed by atoms with van der Waals surface area (Å²) in [5.74, 6) is 0.592. The van der Waals surface area contributed by atoms with Gasteiger partial charge in [0.25, 0.3) is 11.4 Å². The number of nitrogens with one attached hydrogen (secondary N) is 1. The molecule has 0 radical (unpaired) electrons. The summed E-state index contributed by atoms with van der Waals surface area (Å²) < 4.78 is 5.55. The van der Waals surface area contributed by atoms with Crippen LogP contribution in [0.5, 0.6) is 0 Å². The first-order valence-corrected chi connectivity index (χ1v) is 8.40. The largest absolute Gasteiger partial charge is 0.455 e. The van der Waals surface area contributed by atoms with Gasteiger partial charge in [0.2, 0.25) is 0 Å². The number of hydrogen-bond donors (Lipinski definition) is 1. The summed E-state index contributed by atoms with van der Waals surface area (Å²) in [6.45, 7) is 0. The summed E-state index contributed by atoms with van der Waals surface area (Å²) in [4.78, 5) is 30.6. The van der Waals surface area contributed by atoms with E-state index in [-0.39, 0.29) is 22.2 Å². The molecule has 1 heterocycles. The summed E-state index contributed by atoms with van der Waals surface area (Å²) in [7, 11) is 0.